The Balaban J connectivity index is 1.92. The number of aliphatic hydroxyl groups excluding tert-OH is 1. The Bertz CT molecular complexity index is 875. The Morgan fingerprint density at radius 2 is 1.65 bits per heavy atom. The molecule has 0 saturated carbocycles. The maximum Gasteiger partial charge on any atom is 0.202 e. The zero-order valence-corrected chi connectivity index (χ0v) is 15.8. The molecule has 3 atom stereocenters. The van der Waals surface area contributed by atoms with Crippen LogP contribution in [-0.2, 0) is 21.2 Å². The molecule has 26 heavy (non-hydrogen) atoms. The highest BCUT2D eigenvalue weighted by molar-refractivity contribution is 7.95. The molecule has 2 aromatic rings. The molecular weight excluding hydrogens is 348 g/mol. The Labute approximate surface area is 155 Å². The number of ether oxygens (including phenoxy) is 1. The lowest BCUT2D eigenvalue weighted by Gasteiger charge is -2.37. The quantitative estimate of drug-likeness (QED) is 0.869. The normalized spacial score (nSPS) is 26.3. The summed E-state index contributed by atoms with van der Waals surface area (Å²) in [6.07, 6.45) is 1.25. The van der Waals surface area contributed by atoms with Crippen LogP contribution in [0.1, 0.15) is 25.8 Å². The van der Waals surface area contributed by atoms with Gasteiger partial charge in [-0.15, -0.1) is 0 Å². The van der Waals surface area contributed by atoms with Crippen LogP contribution >= 0.6 is 0 Å². The molecular formula is C21H24O4S. The van der Waals surface area contributed by atoms with Gasteiger partial charge in [-0.25, -0.2) is 8.42 Å². The number of benzene rings is 2. The SMILES string of the molecule is C[C@@H]1C(S(=O)(=O)c2ccccc2)=C[C@@](C)(OCc2ccccc2)C[C@@H]1O. The van der Waals surface area contributed by atoms with Crippen molar-refractivity contribution in [2.75, 3.05) is 0 Å². The first kappa shape index (κ1) is 18.8. The van der Waals surface area contributed by atoms with Crippen LogP contribution in [0.4, 0.5) is 0 Å². The Kier molecular flexibility index (Phi) is 5.32. The molecule has 1 N–H and O–H groups in total. The molecule has 1 aliphatic rings. The fraction of sp³-hybridized carbons (Fsp3) is 0.333. The molecule has 0 aliphatic heterocycles. The van der Waals surface area contributed by atoms with Gasteiger partial charge in [-0.3, -0.25) is 0 Å². The van der Waals surface area contributed by atoms with Gasteiger partial charge in [-0.2, -0.15) is 0 Å². The molecule has 0 radical (unpaired) electrons. The Morgan fingerprint density at radius 1 is 1.08 bits per heavy atom. The van der Waals surface area contributed by atoms with Crippen molar-refractivity contribution in [3.8, 4) is 0 Å². The smallest absolute Gasteiger partial charge is 0.202 e. The van der Waals surface area contributed by atoms with Gasteiger partial charge < -0.3 is 9.84 Å². The van der Waals surface area contributed by atoms with Crippen LogP contribution in [0.2, 0.25) is 0 Å². The maximum absolute atomic E-state index is 13.1. The fourth-order valence-electron chi connectivity index (χ4n) is 3.25. The summed E-state index contributed by atoms with van der Waals surface area (Å²) >= 11 is 0. The van der Waals surface area contributed by atoms with Gasteiger partial charge in [0.25, 0.3) is 0 Å². The van der Waals surface area contributed by atoms with Crippen molar-refractivity contribution in [1.29, 1.82) is 0 Å². The monoisotopic (exact) mass is 372 g/mol. The van der Waals surface area contributed by atoms with Crippen molar-refractivity contribution in [2.24, 2.45) is 5.92 Å². The molecule has 138 valence electrons. The van der Waals surface area contributed by atoms with E-state index in [-0.39, 0.29) is 9.80 Å². The summed E-state index contributed by atoms with van der Waals surface area (Å²) in [6, 6.07) is 18.0. The minimum absolute atomic E-state index is 0.220. The number of sulfone groups is 1. The molecule has 0 heterocycles. The van der Waals surface area contributed by atoms with Crippen LogP contribution in [0.15, 0.2) is 76.5 Å². The third-order valence-electron chi connectivity index (χ3n) is 4.86. The highest BCUT2D eigenvalue weighted by Gasteiger charge is 2.41. The number of rotatable bonds is 5. The van der Waals surface area contributed by atoms with Gasteiger partial charge >= 0.3 is 0 Å². The number of aliphatic hydroxyl groups is 1. The van der Waals surface area contributed by atoms with E-state index in [1.54, 1.807) is 43.3 Å². The summed E-state index contributed by atoms with van der Waals surface area (Å²) in [5.41, 5.74) is 0.154. The van der Waals surface area contributed by atoms with E-state index in [1.165, 1.54) is 0 Å². The average Bonchev–Trinajstić information content (AvgIpc) is 2.65. The predicted octanol–water partition coefficient (Wildman–Crippen LogP) is 3.72. The molecule has 0 unspecified atom stereocenters. The van der Waals surface area contributed by atoms with Crippen molar-refractivity contribution in [3.05, 3.63) is 77.2 Å². The van der Waals surface area contributed by atoms with E-state index >= 15 is 0 Å². The van der Waals surface area contributed by atoms with Crippen LogP contribution < -0.4 is 0 Å². The van der Waals surface area contributed by atoms with E-state index < -0.39 is 27.5 Å². The van der Waals surface area contributed by atoms with Crippen molar-refractivity contribution >= 4 is 9.84 Å². The maximum atomic E-state index is 13.1. The van der Waals surface area contributed by atoms with Gasteiger partial charge in [0.15, 0.2) is 0 Å². The summed E-state index contributed by atoms with van der Waals surface area (Å²) in [7, 11) is -3.68. The van der Waals surface area contributed by atoms with Gasteiger partial charge in [0.1, 0.15) is 0 Å². The number of hydrogen-bond acceptors (Lipinski definition) is 4. The zero-order valence-electron chi connectivity index (χ0n) is 15.0. The van der Waals surface area contributed by atoms with E-state index in [9.17, 15) is 13.5 Å². The van der Waals surface area contributed by atoms with Crippen molar-refractivity contribution in [2.45, 2.75) is 43.5 Å². The lowest BCUT2D eigenvalue weighted by atomic mass is 9.84. The molecule has 0 aromatic heterocycles. The standard InChI is InChI=1S/C21H24O4S/c1-16-19(22)13-21(2,25-15-17-9-5-3-6-10-17)14-20(16)26(23,24)18-11-7-4-8-12-18/h3-12,14,16,19,22H,13,15H2,1-2H3/t16-,19-,21-/m0/s1. The first-order valence-electron chi connectivity index (χ1n) is 8.71. The van der Waals surface area contributed by atoms with Crippen LogP contribution in [0.3, 0.4) is 0 Å². The summed E-state index contributed by atoms with van der Waals surface area (Å²) in [4.78, 5) is 0.454. The van der Waals surface area contributed by atoms with Gasteiger partial charge in [0.2, 0.25) is 9.84 Å². The van der Waals surface area contributed by atoms with Gasteiger partial charge in [0.05, 0.1) is 28.1 Å². The van der Waals surface area contributed by atoms with Crippen molar-refractivity contribution in [1.82, 2.24) is 0 Å². The Morgan fingerprint density at radius 3 is 2.27 bits per heavy atom. The molecule has 2 aromatic carbocycles. The van der Waals surface area contributed by atoms with Gasteiger partial charge in [-0.05, 0) is 30.7 Å². The van der Waals surface area contributed by atoms with E-state index in [0.717, 1.165) is 5.56 Å². The summed E-state index contributed by atoms with van der Waals surface area (Å²) in [6.45, 7) is 3.92. The molecule has 0 amide bonds. The second-order valence-corrected chi connectivity index (χ2v) is 8.96. The molecule has 0 bridgehead atoms. The van der Waals surface area contributed by atoms with Crippen LogP contribution in [0.25, 0.3) is 0 Å². The minimum atomic E-state index is -3.68. The van der Waals surface area contributed by atoms with E-state index in [0.29, 0.717) is 13.0 Å². The summed E-state index contributed by atoms with van der Waals surface area (Å²) < 4.78 is 32.2. The third kappa shape index (κ3) is 3.90. The van der Waals surface area contributed by atoms with Crippen LogP contribution in [0.5, 0.6) is 0 Å². The van der Waals surface area contributed by atoms with Crippen LogP contribution in [0, 0.1) is 5.92 Å². The largest absolute Gasteiger partial charge is 0.392 e. The topological polar surface area (TPSA) is 63.6 Å². The molecule has 0 saturated heterocycles. The van der Waals surface area contributed by atoms with Crippen molar-refractivity contribution in [3.63, 3.8) is 0 Å². The first-order valence-corrected chi connectivity index (χ1v) is 10.2. The van der Waals surface area contributed by atoms with E-state index in [1.807, 2.05) is 37.3 Å². The van der Waals surface area contributed by atoms with E-state index in [4.69, 9.17) is 4.74 Å². The molecule has 3 rings (SSSR count). The first-order chi connectivity index (χ1) is 12.3. The lowest BCUT2D eigenvalue weighted by Crippen LogP contribution is -2.41. The predicted molar refractivity (Wildman–Crippen MR) is 101 cm³/mol. The van der Waals surface area contributed by atoms with E-state index in [2.05, 4.69) is 0 Å². The summed E-state index contributed by atoms with van der Waals surface area (Å²) in [5, 5.41) is 10.5. The second kappa shape index (κ2) is 7.35. The van der Waals surface area contributed by atoms with Gasteiger partial charge in [0, 0.05) is 12.3 Å². The molecule has 4 nitrogen and oxygen atoms in total. The van der Waals surface area contributed by atoms with Crippen LogP contribution in [-0.4, -0.2) is 25.2 Å². The average molecular weight is 372 g/mol. The zero-order chi connectivity index (χ0) is 18.8. The molecule has 0 spiro atoms. The van der Waals surface area contributed by atoms with Crippen molar-refractivity contribution < 1.29 is 18.3 Å². The highest BCUT2D eigenvalue weighted by atomic mass is 32.2. The Hall–Kier alpha value is -1.95. The van der Waals surface area contributed by atoms with Gasteiger partial charge in [-0.1, -0.05) is 55.5 Å². The fourth-order valence-corrected chi connectivity index (χ4v) is 5.09. The molecule has 5 heteroatoms. The highest BCUT2D eigenvalue weighted by Crippen LogP contribution is 2.38. The minimum Gasteiger partial charge on any atom is -0.392 e. The summed E-state index contributed by atoms with van der Waals surface area (Å²) in [5.74, 6) is -0.478. The number of hydrogen-bond donors (Lipinski definition) is 1. The molecule has 1 aliphatic carbocycles. The molecule has 0 fully saturated rings. The second-order valence-electron chi connectivity index (χ2n) is 7.01. The lowest BCUT2D eigenvalue weighted by molar-refractivity contribution is -0.0531. The third-order valence-corrected chi connectivity index (χ3v) is 6.87.